The van der Waals surface area contributed by atoms with Crippen LogP contribution in [0.5, 0.6) is 0 Å². The van der Waals surface area contributed by atoms with E-state index in [1.807, 2.05) is 12.1 Å². The van der Waals surface area contributed by atoms with Crippen LogP contribution in [0.3, 0.4) is 0 Å². The predicted octanol–water partition coefficient (Wildman–Crippen LogP) is 3.66. The summed E-state index contributed by atoms with van der Waals surface area (Å²) < 4.78 is 0. The van der Waals surface area contributed by atoms with Crippen molar-refractivity contribution in [2.24, 2.45) is 5.92 Å². The van der Waals surface area contributed by atoms with E-state index in [9.17, 15) is 4.79 Å². The van der Waals surface area contributed by atoms with E-state index in [2.05, 4.69) is 51.7 Å². The number of nitrogens with zero attached hydrogens (tertiary/aromatic N) is 3. The monoisotopic (exact) mass is 418 g/mol. The molecule has 2 bridgehead atoms. The molecular weight excluding hydrogens is 388 g/mol. The van der Waals surface area contributed by atoms with E-state index in [1.54, 1.807) is 12.3 Å². The Kier molecular flexibility index (Phi) is 5.14. The lowest BCUT2D eigenvalue weighted by Crippen LogP contribution is -2.45. The topological polar surface area (TPSA) is 85.9 Å². The quantitative estimate of drug-likeness (QED) is 0.545. The minimum absolute atomic E-state index is 0.00804. The molecule has 1 aromatic carbocycles. The first kappa shape index (κ1) is 20.0. The van der Waals surface area contributed by atoms with Gasteiger partial charge in [-0.1, -0.05) is 0 Å². The highest BCUT2D eigenvalue weighted by Crippen LogP contribution is 2.47. The lowest BCUT2D eigenvalue weighted by molar-refractivity contribution is 0.0902. The van der Waals surface area contributed by atoms with Crippen molar-refractivity contribution < 1.29 is 4.79 Å². The fourth-order valence-corrected chi connectivity index (χ4v) is 5.08. The summed E-state index contributed by atoms with van der Waals surface area (Å²) in [4.78, 5) is 27.7. The van der Waals surface area contributed by atoms with Gasteiger partial charge in [-0.25, -0.2) is 9.97 Å². The van der Waals surface area contributed by atoms with Crippen molar-refractivity contribution in [1.82, 2.24) is 25.2 Å². The average molecular weight is 419 g/mol. The standard InChI is InChI=1S/C24H30N6O/c1-30(2)14-13-25-18-5-3-17(4-6-18)21-27-20-19(9-12-26-22(20)28-21)23(31)29-24-10-7-16(15-24)8-11-24/h3-6,9,12,16,25H,7-8,10-11,13-15H2,1-2H3,(H,29,31)(H,26,27,28). The minimum Gasteiger partial charge on any atom is -0.384 e. The van der Waals surface area contributed by atoms with E-state index in [0.717, 1.165) is 55.3 Å². The number of anilines is 1. The van der Waals surface area contributed by atoms with Crippen LogP contribution in [0.1, 0.15) is 42.5 Å². The van der Waals surface area contributed by atoms with Gasteiger partial charge in [0.1, 0.15) is 11.3 Å². The first-order valence-electron chi connectivity index (χ1n) is 11.2. The Bertz CT molecular complexity index is 1080. The number of H-pyrrole nitrogens is 1. The van der Waals surface area contributed by atoms with Gasteiger partial charge in [-0.3, -0.25) is 4.79 Å². The molecule has 7 heteroatoms. The molecule has 0 spiro atoms. The number of imidazole rings is 1. The molecule has 2 saturated carbocycles. The highest BCUT2D eigenvalue weighted by molar-refractivity contribution is 6.04. The van der Waals surface area contributed by atoms with Gasteiger partial charge in [0.15, 0.2) is 5.65 Å². The number of benzene rings is 1. The van der Waals surface area contributed by atoms with E-state index in [4.69, 9.17) is 4.98 Å². The molecule has 2 aromatic heterocycles. The van der Waals surface area contributed by atoms with Crippen molar-refractivity contribution >= 4 is 22.8 Å². The number of nitrogens with one attached hydrogen (secondary N) is 3. The lowest BCUT2D eigenvalue weighted by atomic mass is 9.93. The van der Waals surface area contributed by atoms with Gasteiger partial charge in [0.2, 0.25) is 0 Å². The molecule has 162 valence electrons. The van der Waals surface area contributed by atoms with E-state index in [0.29, 0.717) is 16.7 Å². The third kappa shape index (κ3) is 4.02. The number of amides is 1. The number of hydrogen-bond acceptors (Lipinski definition) is 5. The van der Waals surface area contributed by atoms with Crippen LogP contribution in [0.25, 0.3) is 22.6 Å². The Morgan fingerprint density at radius 3 is 2.65 bits per heavy atom. The molecule has 3 aromatic rings. The predicted molar refractivity (Wildman–Crippen MR) is 123 cm³/mol. The molecule has 7 nitrogen and oxygen atoms in total. The number of aromatic nitrogens is 3. The Hall–Kier alpha value is -2.93. The molecule has 0 saturated heterocycles. The van der Waals surface area contributed by atoms with Gasteiger partial charge in [0, 0.05) is 36.1 Å². The highest BCUT2D eigenvalue weighted by atomic mass is 16.1. The van der Waals surface area contributed by atoms with Crippen molar-refractivity contribution in [3.8, 4) is 11.4 Å². The molecule has 0 radical (unpaired) electrons. The van der Waals surface area contributed by atoms with Crippen LogP contribution in [0.2, 0.25) is 0 Å². The maximum absolute atomic E-state index is 13.1. The lowest BCUT2D eigenvalue weighted by Gasteiger charge is -2.28. The number of carbonyl (C=O) groups is 1. The third-order valence-electron chi connectivity index (χ3n) is 6.80. The maximum Gasteiger partial charge on any atom is 0.254 e. The van der Waals surface area contributed by atoms with Gasteiger partial charge in [0.05, 0.1) is 5.56 Å². The summed E-state index contributed by atoms with van der Waals surface area (Å²) in [6, 6.07) is 9.94. The van der Waals surface area contributed by atoms with E-state index >= 15 is 0 Å². The zero-order valence-corrected chi connectivity index (χ0v) is 18.2. The summed E-state index contributed by atoms with van der Waals surface area (Å²) in [5.41, 5.74) is 3.91. The molecule has 0 unspecified atom stereocenters. The van der Waals surface area contributed by atoms with Crippen LogP contribution in [0.4, 0.5) is 5.69 Å². The van der Waals surface area contributed by atoms with E-state index in [-0.39, 0.29) is 11.4 Å². The van der Waals surface area contributed by atoms with Gasteiger partial charge in [0.25, 0.3) is 5.91 Å². The van der Waals surface area contributed by atoms with E-state index in [1.165, 1.54) is 12.8 Å². The average Bonchev–Trinajstić information content (AvgIpc) is 3.47. The number of carbonyl (C=O) groups excluding carboxylic acids is 1. The highest BCUT2D eigenvalue weighted by Gasteiger charge is 2.45. The van der Waals surface area contributed by atoms with Crippen molar-refractivity contribution in [2.75, 3.05) is 32.5 Å². The fourth-order valence-electron chi connectivity index (χ4n) is 5.08. The van der Waals surface area contributed by atoms with Crippen molar-refractivity contribution in [2.45, 2.75) is 37.6 Å². The molecular formula is C24H30N6O. The SMILES string of the molecule is CN(C)CCNc1ccc(-c2nc3c(C(=O)NC45CCC(CC4)C5)ccnc3[nH]2)cc1. The van der Waals surface area contributed by atoms with Gasteiger partial charge < -0.3 is 20.5 Å². The van der Waals surface area contributed by atoms with Crippen molar-refractivity contribution in [1.29, 1.82) is 0 Å². The molecule has 1 amide bonds. The molecule has 0 atom stereocenters. The molecule has 3 N–H and O–H groups in total. The first-order valence-corrected chi connectivity index (χ1v) is 11.2. The zero-order chi connectivity index (χ0) is 21.4. The number of fused-ring (bicyclic) bond motifs is 3. The third-order valence-corrected chi connectivity index (χ3v) is 6.80. The second-order valence-electron chi connectivity index (χ2n) is 9.33. The Morgan fingerprint density at radius 1 is 1.19 bits per heavy atom. The number of hydrogen-bond donors (Lipinski definition) is 3. The summed E-state index contributed by atoms with van der Waals surface area (Å²) in [6.45, 7) is 1.87. The fraction of sp³-hybridized carbons (Fsp3) is 0.458. The summed E-state index contributed by atoms with van der Waals surface area (Å²) in [7, 11) is 4.12. The first-order chi connectivity index (χ1) is 15.0. The summed E-state index contributed by atoms with van der Waals surface area (Å²) in [5, 5.41) is 6.76. The molecule has 0 aliphatic heterocycles. The Labute approximate surface area is 182 Å². The molecule has 2 aliphatic carbocycles. The largest absolute Gasteiger partial charge is 0.384 e. The van der Waals surface area contributed by atoms with Crippen molar-refractivity contribution in [3.63, 3.8) is 0 Å². The van der Waals surface area contributed by atoms with Crippen LogP contribution in [0, 0.1) is 5.92 Å². The second kappa shape index (κ2) is 7.96. The summed E-state index contributed by atoms with van der Waals surface area (Å²) in [5.74, 6) is 1.48. The number of likely N-dealkylation sites (N-methyl/N-ethyl adjacent to an activating group) is 1. The zero-order valence-electron chi connectivity index (χ0n) is 18.2. The van der Waals surface area contributed by atoms with Gasteiger partial charge in [-0.15, -0.1) is 0 Å². The minimum atomic E-state index is -0.0339. The normalized spacial score (nSPS) is 22.4. The van der Waals surface area contributed by atoms with Crippen LogP contribution >= 0.6 is 0 Å². The van der Waals surface area contributed by atoms with E-state index < -0.39 is 0 Å². The number of pyridine rings is 1. The smallest absolute Gasteiger partial charge is 0.254 e. The summed E-state index contributed by atoms with van der Waals surface area (Å²) in [6.07, 6.45) is 7.46. The van der Waals surface area contributed by atoms with Crippen molar-refractivity contribution in [3.05, 3.63) is 42.1 Å². The van der Waals surface area contributed by atoms with Gasteiger partial charge in [-0.05, 0) is 82.4 Å². The molecule has 31 heavy (non-hydrogen) atoms. The van der Waals surface area contributed by atoms with Crippen LogP contribution < -0.4 is 10.6 Å². The molecule has 2 fully saturated rings. The number of rotatable bonds is 7. The number of aromatic amines is 1. The Balaban J connectivity index is 1.35. The maximum atomic E-state index is 13.1. The molecule has 2 heterocycles. The van der Waals surface area contributed by atoms with Gasteiger partial charge >= 0.3 is 0 Å². The van der Waals surface area contributed by atoms with Gasteiger partial charge in [-0.2, -0.15) is 0 Å². The molecule has 5 rings (SSSR count). The Morgan fingerprint density at radius 2 is 1.97 bits per heavy atom. The van der Waals surface area contributed by atoms with Crippen LogP contribution in [-0.2, 0) is 0 Å². The molecule has 2 aliphatic rings. The van der Waals surface area contributed by atoms with Crippen LogP contribution in [-0.4, -0.2) is 58.5 Å². The second-order valence-corrected chi connectivity index (χ2v) is 9.33. The summed E-state index contributed by atoms with van der Waals surface area (Å²) >= 11 is 0. The van der Waals surface area contributed by atoms with Crippen LogP contribution in [0.15, 0.2) is 36.5 Å².